The molecule has 1 aromatic heterocycles. The van der Waals surface area contributed by atoms with Crippen LogP contribution in [-0.2, 0) is 0 Å². The van der Waals surface area contributed by atoms with E-state index in [0.717, 1.165) is 0 Å². The maximum absolute atomic E-state index is 5.23. The minimum Gasteiger partial charge on any atom is -0.481 e. The number of aromatic nitrogens is 2. The summed E-state index contributed by atoms with van der Waals surface area (Å²) in [4.78, 5) is 8.14. The lowest BCUT2D eigenvalue weighted by molar-refractivity contribution is 0.372. The second-order valence-electron chi connectivity index (χ2n) is 2.81. The van der Waals surface area contributed by atoms with Gasteiger partial charge in [-0.2, -0.15) is 9.97 Å². The highest BCUT2D eigenvalue weighted by Crippen LogP contribution is 2.17. The molecule has 5 nitrogen and oxygen atoms in total. The van der Waals surface area contributed by atoms with Crippen LogP contribution in [0.5, 0.6) is 11.8 Å². The number of hydrogen-bond donors (Lipinski definition) is 1. The predicted molar refractivity (Wildman–Crippen MR) is 57.1 cm³/mol. The Morgan fingerprint density at radius 2 is 1.87 bits per heavy atom. The van der Waals surface area contributed by atoms with Gasteiger partial charge < -0.3 is 14.8 Å². The minimum absolute atomic E-state index is 0.151. The van der Waals surface area contributed by atoms with Crippen LogP contribution in [0.25, 0.3) is 0 Å². The van der Waals surface area contributed by atoms with Gasteiger partial charge in [-0.15, -0.1) is 6.42 Å². The highest BCUT2D eigenvalue weighted by Gasteiger charge is 2.06. The zero-order valence-corrected chi connectivity index (χ0v) is 8.94. The molecule has 0 amide bonds. The van der Waals surface area contributed by atoms with E-state index in [9.17, 15) is 0 Å². The SMILES string of the molecule is C#CC(C)Nc1nc(OC)cc(OC)n1. The summed E-state index contributed by atoms with van der Waals surface area (Å²) in [7, 11) is 3.05. The van der Waals surface area contributed by atoms with Crippen molar-refractivity contribution in [1.82, 2.24) is 9.97 Å². The molecule has 0 fully saturated rings. The molecule has 1 aromatic rings. The van der Waals surface area contributed by atoms with E-state index in [-0.39, 0.29) is 6.04 Å². The Morgan fingerprint density at radius 1 is 1.33 bits per heavy atom. The first kappa shape index (κ1) is 11.1. The van der Waals surface area contributed by atoms with Gasteiger partial charge in [0.05, 0.1) is 26.3 Å². The normalized spacial score (nSPS) is 11.3. The van der Waals surface area contributed by atoms with Crippen molar-refractivity contribution in [3.63, 3.8) is 0 Å². The van der Waals surface area contributed by atoms with Crippen LogP contribution in [0.4, 0.5) is 5.95 Å². The zero-order chi connectivity index (χ0) is 11.3. The number of nitrogens with zero attached hydrogens (tertiary/aromatic N) is 2. The monoisotopic (exact) mass is 207 g/mol. The second-order valence-corrected chi connectivity index (χ2v) is 2.81. The Morgan fingerprint density at radius 3 is 2.27 bits per heavy atom. The number of nitrogens with one attached hydrogen (secondary N) is 1. The number of terminal acetylenes is 1. The van der Waals surface area contributed by atoms with Crippen molar-refractivity contribution in [2.24, 2.45) is 0 Å². The van der Waals surface area contributed by atoms with Gasteiger partial charge in [-0.3, -0.25) is 0 Å². The van der Waals surface area contributed by atoms with Gasteiger partial charge in [0.2, 0.25) is 17.7 Å². The lowest BCUT2D eigenvalue weighted by Gasteiger charge is -2.09. The van der Waals surface area contributed by atoms with E-state index >= 15 is 0 Å². The number of rotatable bonds is 4. The van der Waals surface area contributed by atoms with E-state index in [4.69, 9.17) is 15.9 Å². The van der Waals surface area contributed by atoms with Crippen molar-refractivity contribution in [3.05, 3.63) is 6.07 Å². The molecular weight excluding hydrogens is 194 g/mol. The number of ether oxygens (including phenoxy) is 2. The van der Waals surface area contributed by atoms with Crippen LogP contribution in [0.2, 0.25) is 0 Å². The molecule has 1 unspecified atom stereocenters. The van der Waals surface area contributed by atoms with E-state index in [1.165, 1.54) is 14.2 Å². The van der Waals surface area contributed by atoms with E-state index < -0.39 is 0 Å². The summed E-state index contributed by atoms with van der Waals surface area (Å²) in [6.45, 7) is 1.83. The molecule has 0 aliphatic rings. The molecule has 0 aliphatic heterocycles. The highest BCUT2D eigenvalue weighted by molar-refractivity contribution is 5.36. The van der Waals surface area contributed by atoms with Crippen LogP contribution in [0.15, 0.2) is 6.07 Å². The van der Waals surface area contributed by atoms with Gasteiger partial charge in [0, 0.05) is 0 Å². The van der Waals surface area contributed by atoms with Crippen LogP contribution in [-0.4, -0.2) is 30.2 Å². The van der Waals surface area contributed by atoms with Crippen molar-refractivity contribution in [3.8, 4) is 24.1 Å². The van der Waals surface area contributed by atoms with Crippen molar-refractivity contribution >= 4 is 5.95 Å². The summed E-state index contributed by atoms with van der Waals surface area (Å²) >= 11 is 0. The molecule has 1 atom stereocenters. The van der Waals surface area contributed by atoms with E-state index in [0.29, 0.717) is 17.7 Å². The average Bonchev–Trinajstić information content (AvgIpc) is 2.28. The Bertz CT molecular complexity index is 351. The van der Waals surface area contributed by atoms with Crippen molar-refractivity contribution < 1.29 is 9.47 Å². The summed E-state index contributed by atoms with van der Waals surface area (Å²) < 4.78 is 9.98. The Balaban J connectivity index is 2.92. The largest absolute Gasteiger partial charge is 0.481 e. The summed E-state index contributed by atoms with van der Waals surface area (Å²) in [5, 5.41) is 2.92. The third kappa shape index (κ3) is 3.02. The first-order valence-corrected chi connectivity index (χ1v) is 4.39. The minimum atomic E-state index is -0.151. The molecule has 0 radical (unpaired) electrons. The zero-order valence-electron chi connectivity index (χ0n) is 8.94. The van der Waals surface area contributed by atoms with Crippen LogP contribution in [0.3, 0.4) is 0 Å². The quantitative estimate of drug-likeness (QED) is 0.744. The number of hydrogen-bond acceptors (Lipinski definition) is 5. The third-order valence-corrected chi connectivity index (χ3v) is 1.69. The third-order valence-electron chi connectivity index (χ3n) is 1.69. The average molecular weight is 207 g/mol. The molecule has 0 spiro atoms. The van der Waals surface area contributed by atoms with E-state index in [1.54, 1.807) is 6.07 Å². The molecule has 0 aromatic carbocycles. The standard InChI is InChI=1S/C10H13N3O2/c1-5-7(2)11-10-12-8(14-3)6-9(13-10)15-4/h1,6-7H,2-4H3,(H,11,12,13). The van der Waals surface area contributed by atoms with Gasteiger partial charge in [-0.05, 0) is 6.92 Å². The Labute approximate surface area is 88.8 Å². The fourth-order valence-electron chi connectivity index (χ4n) is 0.913. The molecule has 80 valence electrons. The van der Waals surface area contributed by atoms with Gasteiger partial charge in [-0.25, -0.2) is 0 Å². The molecule has 15 heavy (non-hydrogen) atoms. The fraction of sp³-hybridized carbons (Fsp3) is 0.400. The van der Waals surface area contributed by atoms with E-state index in [1.807, 2.05) is 6.92 Å². The summed E-state index contributed by atoms with van der Waals surface area (Å²) in [5.74, 6) is 3.75. The number of anilines is 1. The summed E-state index contributed by atoms with van der Waals surface area (Å²) in [5.41, 5.74) is 0. The van der Waals surface area contributed by atoms with Gasteiger partial charge >= 0.3 is 0 Å². The van der Waals surface area contributed by atoms with Gasteiger partial charge in [0.15, 0.2) is 0 Å². The highest BCUT2D eigenvalue weighted by atomic mass is 16.5. The fourth-order valence-corrected chi connectivity index (χ4v) is 0.913. The molecule has 0 bridgehead atoms. The van der Waals surface area contributed by atoms with Crippen LogP contribution >= 0.6 is 0 Å². The first-order valence-electron chi connectivity index (χ1n) is 4.39. The topological polar surface area (TPSA) is 56.3 Å². The summed E-state index contributed by atoms with van der Waals surface area (Å²) in [6, 6.07) is 1.44. The van der Waals surface area contributed by atoms with Gasteiger partial charge in [-0.1, -0.05) is 5.92 Å². The van der Waals surface area contributed by atoms with Gasteiger partial charge in [0.1, 0.15) is 0 Å². The van der Waals surface area contributed by atoms with Crippen molar-refractivity contribution in [1.29, 1.82) is 0 Å². The smallest absolute Gasteiger partial charge is 0.230 e. The van der Waals surface area contributed by atoms with Crippen LogP contribution < -0.4 is 14.8 Å². The first-order chi connectivity index (χ1) is 7.19. The summed E-state index contributed by atoms with van der Waals surface area (Å²) in [6.07, 6.45) is 5.23. The van der Waals surface area contributed by atoms with Crippen LogP contribution in [0.1, 0.15) is 6.92 Å². The maximum atomic E-state index is 5.23. The van der Waals surface area contributed by atoms with Crippen molar-refractivity contribution in [2.45, 2.75) is 13.0 Å². The molecule has 5 heteroatoms. The van der Waals surface area contributed by atoms with Crippen molar-refractivity contribution in [2.75, 3.05) is 19.5 Å². The molecule has 1 N–H and O–H groups in total. The maximum Gasteiger partial charge on any atom is 0.230 e. The predicted octanol–water partition coefficient (Wildman–Crippen LogP) is 0.927. The Hall–Kier alpha value is -1.96. The molecular formula is C10H13N3O2. The Kier molecular flexibility index (Phi) is 3.75. The number of methoxy groups -OCH3 is 2. The molecule has 1 rings (SSSR count). The lowest BCUT2D eigenvalue weighted by Crippen LogP contribution is -2.15. The molecule has 0 aliphatic carbocycles. The van der Waals surface area contributed by atoms with Crippen LogP contribution in [0, 0.1) is 12.3 Å². The van der Waals surface area contributed by atoms with E-state index in [2.05, 4.69) is 21.2 Å². The second kappa shape index (κ2) is 5.05. The molecule has 0 saturated heterocycles. The molecule has 1 heterocycles. The van der Waals surface area contributed by atoms with Gasteiger partial charge in [0.25, 0.3) is 0 Å². The lowest BCUT2D eigenvalue weighted by atomic mass is 10.4. The molecule has 0 saturated carbocycles.